The molecule has 2 unspecified atom stereocenters. The largest absolute Gasteiger partial charge is 0.364 e. The fraction of sp³-hybridized carbons (Fsp3) is 0.478. The molecule has 1 amide bonds. The van der Waals surface area contributed by atoms with Crippen molar-refractivity contribution in [3.05, 3.63) is 53.9 Å². The Morgan fingerprint density at radius 2 is 2.21 bits per heavy atom. The minimum absolute atomic E-state index is 0.0303. The molecule has 0 bridgehead atoms. The van der Waals surface area contributed by atoms with Gasteiger partial charge >= 0.3 is 0 Å². The number of halogens is 1. The third-order valence-corrected chi connectivity index (χ3v) is 5.66. The average Bonchev–Trinajstić information content (AvgIpc) is 2.67. The number of allylic oxidation sites excluding steroid dienone is 3. The Hall–Kier alpha value is -2.11. The van der Waals surface area contributed by atoms with E-state index in [0.717, 1.165) is 49.4 Å². The van der Waals surface area contributed by atoms with Crippen molar-refractivity contribution in [3.63, 3.8) is 0 Å². The highest BCUT2D eigenvalue weighted by atomic mass is 35.5. The molecule has 3 atom stereocenters. The standard InChI is InChI=1S/C23H31ClN4O/c1-16-7-4-11-21(24)27-22(13-16)25-17(2)18-8-5-10-20(14-18)26-23(29)19-9-6-12-28(3)15-19/h4-5,8,10-11,13-14,16-17,19,25H,6-7,9,12,15H2,1-3H3,(H,26,29)/b11-4+,22-13-,27-21+/t16?,17-,19?/m0/s1. The van der Waals surface area contributed by atoms with Crippen LogP contribution in [0.2, 0.25) is 0 Å². The smallest absolute Gasteiger partial charge is 0.228 e. The average molecular weight is 415 g/mol. The summed E-state index contributed by atoms with van der Waals surface area (Å²) in [6, 6.07) is 8.03. The van der Waals surface area contributed by atoms with E-state index in [1.807, 2.05) is 30.4 Å². The number of amides is 1. The zero-order valence-electron chi connectivity index (χ0n) is 17.5. The van der Waals surface area contributed by atoms with Gasteiger partial charge in [-0.2, -0.15) is 0 Å². The third-order valence-electron chi connectivity index (χ3n) is 5.45. The van der Waals surface area contributed by atoms with Gasteiger partial charge in [-0.1, -0.05) is 36.7 Å². The van der Waals surface area contributed by atoms with Crippen LogP contribution in [0.5, 0.6) is 0 Å². The first-order chi connectivity index (χ1) is 13.9. The lowest BCUT2D eigenvalue weighted by atomic mass is 9.97. The summed E-state index contributed by atoms with van der Waals surface area (Å²) in [6.07, 6.45) is 8.95. The van der Waals surface area contributed by atoms with Crippen LogP contribution in [0.1, 0.15) is 44.7 Å². The van der Waals surface area contributed by atoms with Crippen LogP contribution in [-0.2, 0) is 4.79 Å². The molecule has 3 rings (SSSR count). The maximum Gasteiger partial charge on any atom is 0.228 e. The van der Waals surface area contributed by atoms with Crippen molar-refractivity contribution in [1.29, 1.82) is 0 Å². The van der Waals surface area contributed by atoms with Crippen LogP contribution < -0.4 is 10.6 Å². The normalized spacial score (nSPS) is 28.7. The number of carbonyl (C=O) groups excluding carboxylic acids is 1. The summed E-state index contributed by atoms with van der Waals surface area (Å²) >= 11 is 6.16. The highest BCUT2D eigenvalue weighted by Gasteiger charge is 2.24. The molecule has 156 valence electrons. The molecule has 1 fully saturated rings. The monoisotopic (exact) mass is 414 g/mol. The van der Waals surface area contributed by atoms with Gasteiger partial charge in [0.05, 0.1) is 12.0 Å². The van der Waals surface area contributed by atoms with Crippen molar-refractivity contribution < 1.29 is 4.79 Å². The van der Waals surface area contributed by atoms with E-state index < -0.39 is 0 Å². The topological polar surface area (TPSA) is 56.7 Å². The molecule has 5 nitrogen and oxygen atoms in total. The van der Waals surface area contributed by atoms with E-state index in [9.17, 15) is 4.79 Å². The van der Waals surface area contributed by atoms with E-state index in [0.29, 0.717) is 11.1 Å². The summed E-state index contributed by atoms with van der Waals surface area (Å²) in [4.78, 5) is 19.3. The molecule has 0 spiro atoms. The molecule has 1 saturated heterocycles. The number of likely N-dealkylation sites (tertiary alicyclic amines) is 1. The first-order valence-electron chi connectivity index (χ1n) is 10.4. The summed E-state index contributed by atoms with van der Waals surface area (Å²) < 4.78 is 0. The van der Waals surface area contributed by atoms with Gasteiger partial charge in [0.2, 0.25) is 5.91 Å². The molecular formula is C23H31ClN4O. The van der Waals surface area contributed by atoms with Crippen LogP contribution in [0.25, 0.3) is 0 Å². The molecule has 0 aromatic heterocycles. The number of nitrogens with one attached hydrogen (secondary N) is 2. The summed E-state index contributed by atoms with van der Waals surface area (Å²) in [5.41, 5.74) is 1.92. The second-order valence-corrected chi connectivity index (χ2v) is 8.57. The maximum atomic E-state index is 12.7. The Morgan fingerprint density at radius 1 is 1.38 bits per heavy atom. The van der Waals surface area contributed by atoms with Crippen LogP contribution in [0.3, 0.4) is 0 Å². The summed E-state index contributed by atoms with van der Waals surface area (Å²) in [5.74, 6) is 1.32. The van der Waals surface area contributed by atoms with E-state index in [4.69, 9.17) is 11.6 Å². The predicted octanol–water partition coefficient (Wildman–Crippen LogP) is 4.69. The number of aliphatic imine (C=N–C) groups is 1. The second-order valence-electron chi connectivity index (χ2n) is 8.18. The van der Waals surface area contributed by atoms with Crippen LogP contribution in [-0.4, -0.2) is 36.1 Å². The van der Waals surface area contributed by atoms with E-state index in [1.54, 1.807) is 0 Å². The van der Waals surface area contributed by atoms with Crippen molar-refractivity contribution in [2.45, 2.75) is 39.2 Å². The Morgan fingerprint density at radius 3 is 3.00 bits per heavy atom. The Kier molecular flexibility index (Phi) is 7.51. The van der Waals surface area contributed by atoms with Crippen LogP contribution in [0, 0.1) is 11.8 Å². The number of benzene rings is 1. The van der Waals surface area contributed by atoms with Gasteiger partial charge in [0.1, 0.15) is 11.0 Å². The van der Waals surface area contributed by atoms with Gasteiger partial charge < -0.3 is 15.5 Å². The van der Waals surface area contributed by atoms with Gasteiger partial charge in [-0.3, -0.25) is 4.79 Å². The number of piperidine rings is 1. The minimum atomic E-state index is 0.0303. The molecule has 0 saturated carbocycles. The third kappa shape index (κ3) is 6.44. The number of anilines is 1. The molecule has 0 radical (unpaired) electrons. The zero-order valence-corrected chi connectivity index (χ0v) is 18.2. The highest BCUT2D eigenvalue weighted by molar-refractivity contribution is 6.68. The lowest BCUT2D eigenvalue weighted by molar-refractivity contribution is -0.121. The number of nitrogens with zero attached hydrogens (tertiary/aromatic N) is 2. The van der Waals surface area contributed by atoms with Gasteiger partial charge in [0.25, 0.3) is 0 Å². The Balaban J connectivity index is 1.66. The maximum absolute atomic E-state index is 12.7. The van der Waals surface area contributed by atoms with E-state index in [1.165, 1.54) is 0 Å². The molecule has 1 aromatic carbocycles. The zero-order chi connectivity index (χ0) is 20.8. The molecular weight excluding hydrogens is 384 g/mol. The van der Waals surface area contributed by atoms with E-state index >= 15 is 0 Å². The second kappa shape index (κ2) is 10.1. The van der Waals surface area contributed by atoms with Gasteiger partial charge in [-0.05, 0) is 75.5 Å². The summed E-state index contributed by atoms with van der Waals surface area (Å²) in [7, 11) is 2.07. The first kappa shape index (κ1) is 21.6. The van der Waals surface area contributed by atoms with Gasteiger partial charge in [0, 0.05) is 12.2 Å². The van der Waals surface area contributed by atoms with Crippen molar-refractivity contribution in [1.82, 2.24) is 10.2 Å². The Bertz CT molecular complexity index is 817. The van der Waals surface area contributed by atoms with Gasteiger partial charge in [-0.25, -0.2) is 4.99 Å². The lowest BCUT2D eigenvalue weighted by Gasteiger charge is -2.28. The number of hydrogen-bond donors (Lipinski definition) is 2. The number of hydrogen-bond acceptors (Lipinski definition) is 4. The molecule has 6 heteroatoms. The molecule has 0 aliphatic carbocycles. The SMILES string of the molecule is CC1\C=C(N[C@@H](C)c2cccc(NC(=O)C3CCCN(C)C3)c2)/N=C(Cl)\C=C\C1. The fourth-order valence-corrected chi connectivity index (χ4v) is 3.98. The molecule has 29 heavy (non-hydrogen) atoms. The molecule has 2 aliphatic heterocycles. The van der Waals surface area contributed by atoms with Crippen molar-refractivity contribution in [3.8, 4) is 0 Å². The molecule has 2 aliphatic rings. The molecule has 1 aromatic rings. The first-order valence-corrected chi connectivity index (χ1v) is 10.8. The fourth-order valence-electron chi connectivity index (χ4n) is 3.80. The van der Waals surface area contributed by atoms with Crippen molar-refractivity contribution in [2.24, 2.45) is 16.8 Å². The van der Waals surface area contributed by atoms with Crippen LogP contribution in [0.4, 0.5) is 5.69 Å². The number of carbonyl (C=O) groups is 1. The van der Waals surface area contributed by atoms with Crippen LogP contribution >= 0.6 is 11.6 Å². The quantitative estimate of drug-likeness (QED) is 0.734. The van der Waals surface area contributed by atoms with E-state index in [2.05, 4.69) is 53.6 Å². The predicted molar refractivity (Wildman–Crippen MR) is 121 cm³/mol. The summed E-state index contributed by atoms with van der Waals surface area (Å²) in [6.45, 7) is 6.13. The van der Waals surface area contributed by atoms with Crippen molar-refractivity contribution >= 4 is 28.4 Å². The number of rotatable bonds is 5. The minimum Gasteiger partial charge on any atom is -0.364 e. The van der Waals surface area contributed by atoms with Gasteiger partial charge in [0.15, 0.2) is 0 Å². The van der Waals surface area contributed by atoms with Gasteiger partial charge in [-0.15, -0.1) is 0 Å². The molecule has 2 heterocycles. The highest BCUT2D eigenvalue weighted by Crippen LogP contribution is 2.22. The van der Waals surface area contributed by atoms with E-state index in [-0.39, 0.29) is 17.9 Å². The summed E-state index contributed by atoms with van der Waals surface area (Å²) in [5, 5.41) is 7.02. The Labute approximate surface area is 178 Å². The van der Waals surface area contributed by atoms with Crippen LogP contribution in [0.15, 0.2) is 53.3 Å². The van der Waals surface area contributed by atoms with Crippen molar-refractivity contribution in [2.75, 3.05) is 25.5 Å². The lowest BCUT2D eigenvalue weighted by Crippen LogP contribution is -2.38. The molecule has 2 N–H and O–H groups in total.